The summed E-state index contributed by atoms with van der Waals surface area (Å²) >= 11 is 1.31. The second-order valence-electron chi connectivity index (χ2n) is 5.33. The first-order chi connectivity index (χ1) is 13.1. The monoisotopic (exact) mass is 396 g/mol. The van der Waals surface area contributed by atoms with Crippen molar-refractivity contribution in [1.82, 2.24) is 20.1 Å². The van der Waals surface area contributed by atoms with Crippen LogP contribution < -0.4 is 19.5 Å². The number of amides is 1. The summed E-state index contributed by atoms with van der Waals surface area (Å²) in [5, 5.41) is 11.7. The summed E-state index contributed by atoms with van der Waals surface area (Å²) in [6.07, 6.45) is 0. The molecule has 0 bridgehead atoms. The quantitative estimate of drug-likeness (QED) is 0.603. The first-order valence-electron chi connectivity index (χ1n) is 8.15. The molecule has 9 nitrogen and oxygen atoms in total. The molecule has 0 spiro atoms. The summed E-state index contributed by atoms with van der Waals surface area (Å²) in [7, 11) is 7.89. The summed E-state index contributed by atoms with van der Waals surface area (Å²) in [4.78, 5) is 11.6. The van der Waals surface area contributed by atoms with Crippen LogP contribution in [0.3, 0.4) is 0 Å². The predicted octanol–water partition coefficient (Wildman–Crippen LogP) is 1.46. The lowest BCUT2D eigenvalue weighted by molar-refractivity contribution is -0.118. The first-order valence-corrected chi connectivity index (χ1v) is 9.14. The molecule has 0 saturated carbocycles. The maximum Gasteiger partial charge on any atom is 0.230 e. The minimum atomic E-state index is -0.0874. The van der Waals surface area contributed by atoms with E-state index in [2.05, 4.69) is 15.5 Å². The number of methoxy groups -OCH3 is 4. The molecule has 0 aliphatic heterocycles. The van der Waals surface area contributed by atoms with E-state index in [0.717, 1.165) is 5.56 Å². The second kappa shape index (κ2) is 10.0. The first kappa shape index (κ1) is 20.8. The molecule has 1 heterocycles. The third kappa shape index (κ3) is 4.83. The molecular formula is C17H24N4O5S. The van der Waals surface area contributed by atoms with Gasteiger partial charge in [-0.2, -0.15) is 0 Å². The van der Waals surface area contributed by atoms with E-state index >= 15 is 0 Å². The zero-order valence-electron chi connectivity index (χ0n) is 16.1. The van der Waals surface area contributed by atoms with Gasteiger partial charge in [-0.1, -0.05) is 11.8 Å². The van der Waals surface area contributed by atoms with E-state index in [4.69, 9.17) is 18.9 Å². The Hall–Kier alpha value is -2.46. The number of ether oxygens (including phenoxy) is 4. The number of benzene rings is 1. The molecule has 1 aromatic heterocycles. The summed E-state index contributed by atoms with van der Waals surface area (Å²) in [5.41, 5.74) is 0.750. The number of nitrogens with one attached hydrogen (secondary N) is 1. The van der Waals surface area contributed by atoms with Gasteiger partial charge in [0.15, 0.2) is 22.5 Å². The number of hydrogen-bond donors (Lipinski definition) is 1. The van der Waals surface area contributed by atoms with Gasteiger partial charge in [0.1, 0.15) is 0 Å². The van der Waals surface area contributed by atoms with Crippen LogP contribution in [0.2, 0.25) is 0 Å². The smallest absolute Gasteiger partial charge is 0.230 e. The molecule has 0 aliphatic carbocycles. The van der Waals surface area contributed by atoms with Crippen LogP contribution in [0, 0.1) is 0 Å². The Balaban J connectivity index is 2.47. The average molecular weight is 396 g/mol. The Labute approximate surface area is 162 Å². The van der Waals surface area contributed by atoms with Gasteiger partial charge >= 0.3 is 0 Å². The van der Waals surface area contributed by atoms with E-state index in [0.29, 0.717) is 41.4 Å². The van der Waals surface area contributed by atoms with E-state index < -0.39 is 0 Å². The summed E-state index contributed by atoms with van der Waals surface area (Å²) < 4.78 is 23.3. The maximum absolute atomic E-state index is 11.6. The van der Waals surface area contributed by atoms with Crippen LogP contribution in [-0.4, -0.2) is 68.5 Å². The van der Waals surface area contributed by atoms with Crippen molar-refractivity contribution < 1.29 is 23.7 Å². The average Bonchev–Trinajstić information content (AvgIpc) is 3.11. The highest BCUT2D eigenvalue weighted by molar-refractivity contribution is 7.99. The van der Waals surface area contributed by atoms with E-state index in [-0.39, 0.29) is 11.7 Å². The highest BCUT2D eigenvalue weighted by Crippen LogP contribution is 2.41. The lowest BCUT2D eigenvalue weighted by atomic mass is 10.1. The number of carbonyl (C=O) groups is 1. The number of rotatable bonds is 10. The minimum absolute atomic E-state index is 0.0874. The van der Waals surface area contributed by atoms with Crippen LogP contribution in [0.5, 0.6) is 17.2 Å². The molecule has 0 fully saturated rings. The molecule has 10 heteroatoms. The van der Waals surface area contributed by atoms with Crippen molar-refractivity contribution in [1.29, 1.82) is 0 Å². The molecule has 0 radical (unpaired) electrons. The van der Waals surface area contributed by atoms with Gasteiger partial charge in [-0.3, -0.25) is 9.36 Å². The third-order valence-corrected chi connectivity index (χ3v) is 4.74. The highest BCUT2D eigenvalue weighted by atomic mass is 32.2. The van der Waals surface area contributed by atoms with Gasteiger partial charge in [-0.25, -0.2) is 0 Å². The summed E-state index contributed by atoms with van der Waals surface area (Å²) in [5.74, 6) is 2.32. The zero-order chi connectivity index (χ0) is 19.8. The Morgan fingerprint density at radius 2 is 1.78 bits per heavy atom. The van der Waals surface area contributed by atoms with Gasteiger partial charge in [0.2, 0.25) is 11.7 Å². The number of hydrogen-bond acceptors (Lipinski definition) is 8. The summed E-state index contributed by atoms with van der Waals surface area (Å²) in [6, 6.07) is 3.61. The van der Waals surface area contributed by atoms with Crippen LogP contribution >= 0.6 is 11.8 Å². The molecule has 0 atom stereocenters. The van der Waals surface area contributed by atoms with Crippen LogP contribution in [0.15, 0.2) is 17.3 Å². The Kier molecular flexibility index (Phi) is 7.74. The van der Waals surface area contributed by atoms with Gasteiger partial charge in [-0.05, 0) is 12.1 Å². The Bertz CT molecular complexity index is 756. The largest absolute Gasteiger partial charge is 0.493 e. The van der Waals surface area contributed by atoms with Gasteiger partial charge in [0, 0.05) is 19.7 Å². The van der Waals surface area contributed by atoms with Crippen molar-refractivity contribution in [3.05, 3.63) is 12.1 Å². The van der Waals surface area contributed by atoms with Crippen LogP contribution in [0.1, 0.15) is 0 Å². The normalized spacial score (nSPS) is 10.6. The molecule has 1 N–H and O–H groups in total. The fourth-order valence-electron chi connectivity index (χ4n) is 2.41. The molecule has 0 saturated heterocycles. The van der Waals surface area contributed by atoms with Crippen LogP contribution in [0.4, 0.5) is 0 Å². The van der Waals surface area contributed by atoms with Crippen molar-refractivity contribution in [3.63, 3.8) is 0 Å². The highest BCUT2D eigenvalue weighted by Gasteiger charge is 2.20. The molecule has 2 rings (SSSR count). The molecule has 1 aromatic carbocycles. The zero-order valence-corrected chi connectivity index (χ0v) is 16.9. The molecule has 0 aliphatic rings. The van der Waals surface area contributed by atoms with Gasteiger partial charge in [-0.15, -0.1) is 10.2 Å². The van der Waals surface area contributed by atoms with Crippen molar-refractivity contribution in [2.45, 2.75) is 11.7 Å². The minimum Gasteiger partial charge on any atom is -0.493 e. The van der Waals surface area contributed by atoms with Crippen LogP contribution in [0.25, 0.3) is 11.4 Å². The van der Waals surface area contributed by atoms with E-state index in [1.54, 1.807) is 35.5 Å². The van der Waals surface area contributed by atoms with Crippen molar-refractivity contribution in [3.8, 4) is 28.6 Å². The fraction of sp³-hybridized carbons (Fsp3) is 0.471. The molecule has 1 amide bonds. The lowest BCUT2D eigenvalue weighted by Crippen LogP contribution is -2.20. The van der Waals surface area contributed by atoms with Gasteiger partial charge in [0.05, 0.1) is 40.2 Å². The lowest BCUT2D eigenvalue weighted by Gasteiger charge is -2.15. The predicted molar refractivity (Wildman–Crippen MR) is 102 cm³/mol. The molecule has 27 heavy (non-hydrogen) atoms. The van der Waals surface area contributed by atoms with Crippen LogP contribution in [-0.2, 0) is 16.1 Å². The number of nitrogens with zero attached hydrogens (tertiary/aromatic N) is 3. The van der Waals surface area contributed by atoms with Crippen molar-refractivity contribution in [2.75, 3.05) is 47.8 Å². The molecular weight excluding hydrogens is 372 g/mol. The Morgan fingerprint density at radius 3 is 2.30 bits per heavy atom. The molecule has 0 unspecified atom stereocenters. The number of thioether (sulfide) groups is 1. The fourth-order valence-corrected chi connectivity index (χ4v) is 3.24. The standard InChI is InChI=1S/C17H24N4O5S/c1-18-14(22)10-27-17-20-19-16(21(17)6-7-23-2)11-8-12(24-3)15(26-5)13(9-11)25-4/h8-9H,6-7,10H2,1-5H3,(H,18,22). The maximum atomic E-state index is 11.6. The van der Waals surface area contributed by atoms with E-state index in [1.165, 1.54) is 11.8 Å². The topological polar surface area (TPSA) is 96.7 Å². The van der Waals surface area contributed by atoms with Crippen molar-refractivity contribution in [2.24, 2.45) is 0 Å². The molecule has 2 aromatic rings. The summed E-state index contributed by atoms with van der Waals surface area (Å²) in [6.45, 7) is 1.01. The number of carbonyl (C=O) groups excluding carboxylic acids is 1. The van der Waals surface area contributed by atoms with E-state index in [9.17, 15) is 4.79 Å². The number of aromatic nitrogens is 3. The second-order valence-corrected chi connectivity index (χ2v) is 6.27. The van der Waals surface area contributed by atoms with Gasteiger partial charge in [0.25, 0.3) is 0 Å². The van der Waals surface area contributed by atoms with Crippen molar-refractivity contribution >= 4 is 17.7 Å². The molecule has 148 valence electrons. The SMILES string of the molecule is CNC(=O)CSc1nnc(-c2cc(OC)c(OC)c(OC)c2)n1CCOC. The third-order valence-electron chi connectivity index (χ3n) is 3.77. The van der Waals surface area contributed by atoms with E-state index in [1.807, 2.05) is 16.7 Å². The Morgan fingerprint density at radius 1 is 1.11 bits per heavy atom. The van der Waals surface area contributed by atoms with Gasteiger partial charge < -0.3 is 24.3 Å².